The van der Waals surface area contributed by atoms with E-state index in [9.17, 15) is 4.79 Å². The van der Waals surface area contributed by atoms with Gasteiger partial charge in [-0.25, -0.2) is 9.48 Å². The monoisotopic (exact) mass is 168 g/mol. The van der Waals surface area contributed by atoms with Gasteiger partial charge < -0.3 is 9.84 Å². The van der Waals surface area contributed by atoms with Crippen molar-refractivity contribution in [3.05, 3.63) is 11.3 Å². The van der Waals surface area contributed by atoms with Crippen LogP contribution in [0.2, 0.25) is 0 Å². The third kappa shape index (κ3) is 0.792. The van der Waals surface area contributed by atoms with Gasteiger partial charge in [0.1, 0.15) is 6.61 Å². The fourth-order valence-electron chi connectivity index (χ4n) is 1.30. The molecule has 5 nitrogen and oxygen atoms in total. The van der Waals surface area contributed by atoms with Crippen molar-refractivity contribution in [1.29, 1.82) is 0 Å². The molecule has 1 aliphatic heterocycles. The minimum atomic E-state index is -1.00. The highest BCUT2D eigenvalue weighted by atomic mass is 16.5. The Kier molecular flexibility index (Phi) is 1.33. The number of carboxylic acids is 1. The molecule has 0 aromatic carbocycles. The minimum Gasteiger partial charge on any atom is -0.476 e. The summed E-state index contributed by atoms with van der Waals surface area (Å²) < 4.78 is 6.78. The predicted octanol–water partition coefficient (Wildman–Crippen LogP) is 0.282. The van der Waals surface area contributed by atoms with E-state index in [0.717, 1.165) is 0 Å². The van der Waals surface area contributed by atoms with Crippen molar-refractivity contribution in [2.75, 3.05) is 6.61 Å². The molecule has 0 fully saturated rings. The first-order valence-corrected chi connectivity index (χ1v) is 3.63. The van der Waals surface area contributed by atoms with Crippen LogP contribution in [0.5, 0.6) is 5.88 Å². The average molecular weight is 168 g/mol. The molecule has 64 valence electrons. The Morgan fingerprint density at radius 2 is 2.50 bits per heavy atom. The smallest absolute Gasteiger partial charge is 0.356 e. The molecule has 0 radical (unpaired) electrons. The summed E-state index contributed by atoms with van der Waals surface area (Å²) in [6, 6.07) is 0. The molecule has 12 heavy (non-hydrogen) atoms. The number of hydrogen-bond acceptors (Lipinski definition) is 3. The van der Waals surface area contributed by atoms with Crippen molar-refractivity contribution < 1.29 is 14.6 Å². The molecule has 2 heterocycles. The summed E-state index contributed by atoms with van der Waals surface area (Å²) in [5.74, 6) is -0.412. The summed E-state index contributed by atoms with van der Waals surface area (Å²) in [5.41, 5.74) is 0.699. The molecule has 5 heteroatoms. The Balaban J connectivity index is 2.54. The van der Waals surface area contributed by atoms with Crippen LogP contribution >= 0.6 is 0 Å². The lowest BCUT2D eigenvalue weighted by molar-refractivity contribution is 0.0688. The maximum Gasteiger partial charge on any atom is 0.356 e. The lowest BCUT2D eigenvalue weighted by Gasteiger charge is -1.93. The van der Waals surface area contributed by atoms with Crippen LogP contribution in [0.3, 0.4) is 0 Å². The number of ether oxygens (including phenoxy) is 1. The zero-order valence-corrected chi connectivity index (χ0v) is 6.57. The lowest BCUT2D eigenvalue weighted by atomic mass is 10.3. The van der Waals surface area contributed by atoms with Gasteiger partial charge in [0, 0.05) is 5.56 Å². The molecule has 0 bridgehead atoms. The fraction of sp³-hybridized carbons (Fsp3) is 0.429. The molecule has 1 aromatic rings. The number of aromatic nitrogens is 2. The van der Waals surface area contributed by atoms with Crippen molar-refractivity contribution in [3.63, 3.8) is 0 Å². The highest BCUT2D eigenvalue weighted by Crippen LogP contribution is 2.24. The van der Waals surface area contributed by atoms with Gasteiger partial charge in [0.15, 0.2) is 5.69 Å². The fourth-order valence-corrected chi connectivity index (χ4v) is 1.30. The van der Waals surface area contributed by atoms with Gasteiger partial charge in [-0.15, -0.1) is 0 Å². The van der Waals surface area contributed by atoms with Crippen molar-refractivity contribution in [2.45, 2.75) is 13.5 Å². The van der Waals surface area contributed by atoms with Gasteiger partial charge >= 0.3 is 5.97 Å². The van der Waals surface area contributed by atoms with Crippen LogP contribution in [0.15, 0.2) is 0 Å². The largest absolute Gasteiger partial charge is 0.476 e. The molecule has 1 N–H and O–H groups in total. The second-order valence-electron chi connectivity index (χ2n) is 2.66. The van der Waals surface area contributed by atoms with Gasteiger partial charge in [0.05, 0.1) is 6.54 Å². The van der Waals surface area contributed by atoms with E-state index in [1.807, 2.05) is 0 Å². The van der Waals surface area contributed by atoms with Crippen LogP contribution in [0.1, 0.15) is 16.1 Å². The average Bonchev–Trinajstić information content (AvgIpc) is 2.53. The Morgan fingerprint density at radius 3 is 3.08 bits per heavy atom. The van der Waals surface area contributed by atoms with Crippen molar-refractivity contribution in [1.82, 2.24) is 9.78 Å². The lowest BCUT2D eigenvalue weighted by Crippen LogP contribution is -2.03. The van der Waals surface area contributed by atoms with E-state index < -0.39 is 5.97 Å². The van der Waals surface area contributed by atoms with Gasteiger partial charge in [-0.1, -0.05) is 0 Å². The Labute approximate surface area is 68.6 Å². The number of carboxylic acid groups (broad SMARTS) is 1. The van der Waals surface area contributed by atoms with Gasteiger partial charge in [0.2, 0.25) is 5.88 Å². The topological polar surface area (TPSA) is 64.3 Å². The first-order valence-electron chi connectivity index (χ1n) is 3.63. The summed E-state index contributed by atoms with van der Waals surface area (Å²) >= 11 is 0. The summed E-state index contributed by atoms with van der Waals surface area (Å²) in [7, 11) is 0. The standard InChI is InChI=1S/C7H8N2O3/c1-4-5(7(10)11)8-9-2-3-12-6(4)9/h2-3H2,1H3,(H,10,11). The van der Waals surface area contributed by atoms with Gasteiger partial charge in [-0.2, -0.15) is 5.10 Å². The highest BCUT2D eigenvalue weighted by Gasteiger charge is 2.23. The zero-order valence-electron chi connectivity index (χ0n) is 6.57. The van der Waals surface area contributed by atoms with Crippen LogP contribution < -0.4 is 4.74 Å². The Hall–Kier alpha value is -1.52. The number of rotatable bonds is 1. The van der Waals surface area contributed by atoms with E-state index in [1.54, 1.807) is 11.6 Å². The normalized spacial score (nSPS) is 14.1. The van der Waals surface area contributed by atoms with E-state index >= 15 is 0 Å². The van der Waals surface area contributed by atoms with E-state index in [2.05, 4.69) is 5.10 Å². The third-order valence-corrected chi connectivity index (χ3v) is 1.88. The van der Waals surface area contributed by atoms with Gasteiger partial charge in [-0.3, -0.25) is 0 Å². The summed E-state index contributed by atoms with van der Waals surface area (Å²) in [6.07, 6.45) is 0. The summed E-state index contributed by atoms with van der Waals surface area (Å²) in [5, 5.41) is 12.6. The first-order chi connectivity index (χ1) is 5.70. The number of hydrogen-bond donors (Lipinski definition) is 1. The molecule has 2 rings (SSSR count). The quantitative estimate of drug-likeness (QED) is 0.654. The van der Waals surface area contributed by atoms with Crippen molar-refractivity contribution >= 4 is 5.97 Å². The predicted molar refractivity (Wildman–Crippen MR) is 39.4 cm³/mol. The molecule has 0 saturated heterocycles. The second kappa shape index (κ2) is 2.23. The molecular formula is C7H8N2O3. The van der Waals surface area contributed by atoms with Crippen LogP contribution in [-0.2, 0) is 6.54 Å². The Bertz CT molecular complexity index is 343. The number of carbonyl (C=O) groups is 1. The molecule has 0 amide bonds. The van der Waals surface area contributed by atoms with E-state index in [4.69, 9.17) is 9.84 Å². The molecular weight excluding hydrogens is 160 g/mol. The molecule has 0 atom stereocenters. The van der Waals surface area contributed by atoms with Crippen LogP contribution in [0.25, 0.3) is 0 Å². The molecule has 0 unspecified atom stereocenters. The van der Waals surface area contributed by atoms with Crippen molar-refractivity contribution in [3.8, 4) is 5.88 Å². The third-order valence-electron chi connectivity index (χ3n) is 1.88. The number of aromatic carboxylic acids is 1. The first kappa shape index (κ1) is 7.15. The molecule has 0 spiro atoms. The molecule has 1 aromatic heterocycles. The molecule has 0 aliphatic carbocycles. The molecule has 0 saturated carbocycles. The van der Waals surface area contributed by atoms with Crippen LogP contribution in [-0.4, -0.2) is 27.5 Å². The summed E-state index contributed by atoms with van der Waals surface area (Å²) in [6.45, 7) is 2.93. The van der Waals surface area contributed by atoms with Gasteiger partial charge in [-0.05, 0) is 6.92 Å². The van der Waals surface area contributed by atoms with Gasteiger partial charge in [0.25, 0.3) is 0 Å². The highest BCUT2D eigenvalue weighted by molar-refractivity contribution is 5.87. The second-order valence-corrected chi connectivity index (χ2v) is 2.66. The van der Waals surface area contributed by atoms with Crippen LogP contribution in [0, 0.1) is 6.92 Å². The maximum absolute atomic E-state index is 10.6. The SMILES string of the molecule is Cc1c(C(=O)O)nn2c1OCC2. The summed E-state index contributed by atoms with van der Waals surface area (Å²) in [4.78, 5) is 10.6. The number of fused-ring (bicyclic) bond motifs is 1. The van der Waals surface area contributed by atoms with E-state index in [0.29, 0.717) is 24.6 Å². The van der Waals surface area contributed by atoms with E-state index in [1.165, 1.54) is 0 Å². The molecule has 1 aliphatic rings. The maximum atomic E-state index is 10.6. The Morgan fingerprint density at radius 1 is 1.75 bits per heavy atom. The van der Waals surface area contributed by atoms with E-state index in [-0.39, 0.29) is 5.69 Å². The zero-order chi connectivity index (χ0) is 8.72. The minimum absolute atomic E-state index is 0.0877. The number of nitrogens with zero attached hydrogens (tertiary/aromatic N) is 2. The van der Waals surface area contributed by atoms with Crippen molar-refractivity contribution in [2.24, 2.45) is 0 Å². The van der Waals surface area contributed by atoms with Crippen LogP contribution in [0.4, 0.5) is 0 Å².